The third-order valence-electron chi connectivity index (χ3n) is 3.00. The molecule has 0 aliphatic carbocycles. The van der Waals surface area contributed by atoms with Crippen LogP contribution in [0.15, 0.2) is 30.3 Å². The van der Waals surface area contributed by atoms with Crippen LogP contribution in [0.4, 0.5) is 0 Å². The Morgan fingerprint density at radius 2 is 1.68 bits per heavy atom. The summed E-state index contributed by atoms with van der Waals surface area (Å²) in [5.41, 5.74) is 0. The van der Waals surface area contributed by atoms with E-state index in [-0.39, 0.29) is 0 Å². The van der Waals surface area contributed by atoms with Crippen LogP contribution in [0.1, 0.15) is 25.7 Å². The molecule has 0 fully saturated rings. The Labute approximate surface area is 143 Å². The van der Waals surface area contributed by atoms with Crippen LogP contribution in [-0.2, 0) is 4.74 Å². The minimum atomic E-state index is 0.431. The maximum Gasteiger partial charge on any atom is 0.262 e. The van der Waals surface area contributed by atoms with Crippen molar-refractivity contribution in [1.82, 2.24) is 10.6 Å². The van der Waals surface area contributed by atoms with Crippen LogP contribution in [0.25, 0.3) is 0 Å². The average molecular weight is 341 g/mol. The predicted molar refractivity (Wildman–Crippen MR) is 98.6 cm³/mol. The van der Waals surface area contributed by atoms with E-state index in [2.05, 4.69) is 10.6 Å². The van der Waals surface area contributed by atoms with Crippen molar-refractivity contribution >= 4 is 34.7 Å². The van der Waals surface area contributed by atoms with Crippen molar-refractivity contribution < 1.29 is 9.47 Å². The third-order valence-corrected chi connectivity index (χ3v) is 3.54. The number of unbranched alkanes of at least 4 members (excludes halogenated alkanes) is 3. The van der Waals surface area contributed by atoms with Crippen LogP contribution in [0, 0.1) is 0 Å². The number of hydrogen-bond acceptors (Lipinski definition) is 5. The quantitative estimate of drug-likeness (QED) is 0.504. The normalized spacial score (nSPS) is 10.0. The van der Waals surface area contributed by atoms with Crippen molar-refractivity contribution in [2.75, 3.05) is 26.7 Å². The second kappa shape index (κ2) is 12.3. The first-order valence-corrected chi connectivity index (χ1v) is 8.32. The maximum atomic E-state index is 5.49. The summed E-state index contributed by atoms with van der Waals surface area (Å²) in [5, 5.41) is 7.40. The molecule has 0 saturated carbocycles. The van der Waals surface area contributed by atoms with Gasteiger partial charge in [-0.2, -0.15) is 0 Å². The molecule has 0 radical (unpaired) electrons. The van der Waals surface area contributed by atoms with Gasteiger partial charge in [0.1, 0.15) is 5.75 Å². The Morgan fingerprint density at radius 1 is 1.00 bits per heavy atom. The van der Waals surface area contributed by atoms with E-state index < -0.39 is 0 Å². The summed E-state index contributed by atoms with van der Waals surface area (Å²) in [6.45, 7) is 2.46. The van der Waals surface area contributed by atoms with E-state index in [1.54, 1.807) is 7.11 Å². The van der Waals surface area contributed by atoms with E-state index in [4.69, 9.17) is 33.9 Å². The molecule has 0 bridgehead atoms. The van der Waals surface area contributed by atoms with Gasteiger partial charge in [0.05, 0.1) is 13.7 Å². The topological polar surface area (TPSA) is 42.5 Å². The van der Waals surface area contributed by atoms with Crippen molar-refractivity contribution in [3.8, 4) is 5.75 Å². The molecule has 1 rings (SSSR count). The number of hydrogen-bond donors (Lipinski definition) is 2. The molecule has 0 atom stereocenters. The number of ether oxygens (including phenoxy) is 2. The fourth-order valence-corrected chi connectivity index (χ4v) is 2.11. The maximum absolute atomic E-state index is 5.49. The minimum Gasteiger partial charge on any atom is -0.489 e. The van der Waals surface area contributed by atoms with Gasteiger partial charge in [-0.1, -0.05) is 31.0 Å². The van der Waals surface area contributed by atoms with Crippen molar-refractivity contribution in [1.29, 1.82) is 0 Å². The molecule has 1 aromatic rings. The lowest BCUT2D eigenvalue weighted by molar-refractivity contribution is 0.401. The lowest BCUT2D eigenvalue weighted by Gasteiger charge is -2.09. The van der Waals surface area contributed by atoms with Crippen LogP contribution in [0.3, 0.4) is 0 Å². The van der Waals surface area contributed by atoms with E-state index in [9.17, 15) is 0 Å². The highest BCUT2D eigenvalue weighted by atomic mass is 32.1. The molecule has 0 heterocycles. The molecular weight excluding hydrogens is 316 g/mol. The van der Waals surface area contributed by atoms with Gasteiger partial charge in [-0.15, -0.1) is 0 Å². The summed E-state index contributed by atoms with van der Waals surface area (Å²) in [4.78, 5) is 0. The van der Waals surface area contributed by atoms with Crippen LogP contribution < -0.4 is 15.4 Å². The molecule has 0 aliphatic rings. The molecule has 1 aromatic carbocycles. The van der Waals surface area contributed by atoms with Gasteiger partial charge in [-0.3, -0.25) is 0 Å². The molecule has 122 valence electrons. The first-order valence-electron chi connectivity index (χ1n) is 7.50. The summed E-state index contributed by atoms with van der Waals surface area (Å²) in [6, 6.07) is 9.56. The van der Waals surface area contributed by atoms with Crippen molar-refractivity contribution in [2.24, 2.45) is 0 Å². The van der Waals surface area contributed by atoms with Gasteiger partial charge in [-0.25, -0.2) is 0 Å². The largest absolute Gasteiger partial charge is 0.489 e. The van der Waals surface area contributed by atoms with E-state index in [1.165, 1.54) is 6.42 Å². The first-order chi connectivity index (χ1) is 10.7. The van der Waals surface area contributed by atoms with Crippen LogP contribution in [0.5, 0.6) is 5.75 Å². The Morgan fingerprint density at radius 3 is 2.36 bits per heavy atom. The van der Waals surface area contributed by atoms with Gasteiger partial charge in [0.15, 0.2) is 5.05 Å². The van der Waals surface area contributed by atoms with Gasteiger partial charge >= 0.3 is 0 Å². The zero-order valence-electron chi connectivity index (χ0n) is 13.0. The van der Waals surface area contributed by atoms with Crippen molar-refractivity contribution in [3.63, 3.8) is 0 Å². The number of benzene rings is 1. The van der Waals surface area contributed by atoms with Crippen LogP contribution in [-0.4, -0.2) is 37.0 Å². The lowest BCUT2D eigenvalue weighted by Crippen LogP contribution is -2.27. The van der Waals surface area contributed by atoms with Crippen molar-refractivity contribution in [3.05, 3.63) is 30.3 Å². The first kappa shape index (κ1) is 18.8. The molecule has 0 unspecified atom stereocenters. The molecule has 0 amide bonds. The fraction of sp³-hybridized carbons (Fsp3) is 0.500. The Bertz CT molecular complexity index is 441. The molecule has 22 heavy (non-hydrogen) atoms. The molecule has 4 nitrogen and oxygen atoms in total. The van der Waals surface area contributed by atoms with Crippen LogP contribution in [0.2, 0.25) is 0 Å². The molecule has 0 aliphatic heterocycles. The molecule has 0 spiro atoms. The van der Waals surface area contributed by atoms with Gasteiger partial charge < -0.3 is 20.1 Å². The number of methoxy groups -OCH3 is 1. The number of thiocarbonyl (C=S) groups is 2. The Balaban J connectivity index is 1.91. The summed E-state index contributed by atoms with van der Waals surface area (Å²) in [6.07, 6.45) is 4.56. The highest BCUT2D eigenvalue weighted by Gasteiger charge is 1.99. The third kappa shape index (κ3) is 9.65. The van der Waals surface area contributed by atoms with Gasteiger partial charge in [0.25, 0.3) is 5.17 Å². The highest BCUT2D eigenvalue weighted by molar-refractivity contribution is 7.80. The van der Waals surface area contributed by atoms with E-state index in [0.717, 1.165) is 38.1 Å². The summed E-state index contributed by atoms with van der Waals surface area (Å²) >= 11 is 10.1. The SMILES string of the molecule is COC(=S)CNCCCCCCNC(=S)Oc1ccccc1. The molecule has 6 heteroatoms. The fourth-order valence-electron chi connectivity index (χ4n) is 1.81. The van der Waals surface area contributed by atoms with Gasteiger partial charge in [0, 0.05) is 6.54 Å². The second-order valence-corrected chi connectivity index (χ2v) is 5.62. The minimum absolute atomic E-state index is 0.431. The van der Waals surface area contributed by atoms with Crippen LogP contribution >= 0.6 is 24.4 Å². The molecular formula is C16H24N2O2S2. The summed E-state index contributed by atoms with van der Waals surface area (Å²) in [7, 11) is 1.60. The number of nitrogens with one attached hydrogen (secondary N) is 2. The Kier molecular flexibility index (Phi) is 10.5. The monoisotopic (exact) mass is 340 g/mol. The predicted octanol–water partition coefficient (Wildman–Crippen LogP) is 3.06. The highest BCUT2D eigenvalue weighted by Crippen LogP contribution is 2.08. The second-order valence-electron chi connectivity index (χ2n) is 4.80. The Hall–Kier alpha value is -1.24. The lowest BCUT2D eigenvalue weighted by atomic mass is 10.2. The standard InChI is InChI=1S/C16H24N2O2S2/c1-19-15(21)13-17-11-7-2-3-8-12-18-16(22)20-14-9-5-4-6-10-14/h4-6,9-10,17H,2-3,7-8,11-13H2,1H3,(H,18,22). The molecule has 0 aromatic heterocycles. The average Bonchev–Trinajstić information content (AvgIpc) is 2.54. The smallest absolute Gasteiger partial charge is 0.262 e. The molecule has 2 N–H and O–H groups in total. The number of rotatable bonds is 10. The summed E-state index contributed by atoms with van der Waals surface area (Å²) in [5.74, 6) is 0.764. The van der Waals surface area contributed by atoms with E-state index in [1.807, 2.05) is 30.3 Å². The van der Waals surface area contributed by atoms with E-state index >= 15 is 0 Å². The van der Waals surface area contributed by atoms with Gasteiger partial charge in [-0.05, 0) is 56.0 Å². The van der Waals surface area contributed by atoms with Crippen molar-refractivity contribution in [2.45, 2.75) is 25.7 Å². The zero-order chi connectivity index (χ0) is 16.0. The zero-order valence-corrected chi connectivity index (χ0v) is 14.6. The van der Waals surface area contributed by atoms with E-state index in [0.29, 0.717) is 16.8 Å². The van der Waals surface area contributed by atoms with Gasteiger partial charge in [0.2, 0.25) is 0 Å². The molecule has 0 saturated heterocycles. The summed E-state index contributed by atoms with van der Waals surface area (Å²) < 4.78 is 10.4. The number of para-hydroxylation sites is 1.